The van der Waals surface area contributed by atoms with Crippen molar-refractivity contribution in [1.29, 1.82) is 0 Å². The molecule has 27 heavy (non-hydrogen) atoms. The second kappa shape index (κ2) is 9.40. The van der Waals surface area contributed by atoms with Gasteiger partial charge >= 0.3 is 0 Å². The summed E-state index contributed by atoms with van der Waals surface area (Å²) in [5, 5.41) is 6.75. The highest BCUT2D eigenvalue weighted by Crippen LogP contribution is 2.33. The average molecular weight is 380 g/mol. The molecule has 3 atom stereocenters. The molecule has 0 spiro atoms. The molecule has 0 radical (unpaired) electrons. The van der Waals surface area contributed by atoms with Crippen molar-refractivity contribution >= 4 is 5.96 Å². The Kier molecular flexibility index (Phi) is 7.48. The van der Waals surface area contributed by atoms with E-state index >= 15 is 0 Å². The second-order valence-corrected chi connectivity index (χ2v) is 8.27. The first-order valence-corrected chi connectivity index (χ1v) is 9.68. The molecular formula is C21H34FN3O2. The Bertz CT molecular complexity index is 643. The van der Waals surface area contributed by atoms with Gasteiger partial charge in [0.1, 0.15) is 0 Å². The highest BCUT2D eigenvalue weighted by atomic mass is 19.1. The van der Waals surface area contributed by atoms with Gasteiger partial charge in [0.15, 0.2) is 17.5 Å². The lowest BCUT2D eigenvalue weighted by atomic mass is 9.78. The summed E-state index contributed by atoms with van der Waals surface area (Å²) in [5.74, 6) is 1.03. The third-order valence-corrected chi connectivity index (χ3v) is 5.08. The Morgan fingerprint density at radius 1 is 1.41 bits per heavy atom. The average Bonchev–Trinajstić information content (AvgIpc) is 2.64. The third kappa shape index (κ3) is 5.83. The first-order valence-electron chi connectivity index (χ1n) is 9.68. The van der Waals surface area contributed by atoms with Crippen LogP contribution in [-0.2, 0) is 4.74 Å². The molecule has 152 valence electrons. The molecule has 5 nitrogen and oxygen atoms in total. The summed E-state index contributed by atoms with van der Waals surface area (Å²) in [6, 6.07) is 4.91. The zero-order valence-electron chi connectivity index (χ0n) is 17.4. The predicted molar refractivity (Wildman–Crippen MR) is 108 cm³/mol. The molecule has 3 unspecified atom stereocenters. The van der Waals surface area contributed by atoms with E-state index in [0.29, 0.717) is 11.9 Å². The van der Waals surface area contributed by atoms with Crippen LogP contribution in [-0.4, -0.2) is 39.4 Å². The molecule has 1 aromatic rings. The minimum absolute atomic E-state index is 0.0855. The van der Waals surface area contributed by atoms with Gasteiger partial charge in [-0.05, 0) is 42.9 Å². The number of benzene rings is 1. The van der Waals surface area contributed by atoms with Gasteiger partial charge in [0.05, 0.1) is 19.3 Å². The summed E-state index contributed by atoms with van der Waals surface area (Å²) in [6.45, 7) is 10.3. The zero-order valence-corrected chi connectivity index (χ0v) is 17.4. The van der Waals surface area contributed by atoms with Gasteiger partial charge in [-0.3, -0.25) is 4.99 Å². The number of rotatable bonds is 5. The Morgan fingerprint density at radius 3 is 2.74 bits per heavy atom. The summed E-state index contributed by atoms with van der Waals surface area (Å²) in [7, 11) is 3.21. The van der Waals surface area contributed by atoms with E-state index in [0.717, 1.165) is 31.6 Å². The molecule has 0 amide bonds. The van der Waals surface area contributed by atoms with Crippen LogP contribution in [0.4, 0.5) is 4.39 Å². The number of aliphatic imine (C=N–C) groups is 1. The van der Waals surface area contributed by atoms with E-state index < -0.39 is 0 Å². The number of halogens is 1. The van der Waals surface area contributed by atoms with E-state index in [-0.39, 0.29) is 29.1 Å². The Hall–Kier alpha value is -1.82. The molecule has 1 aromatic carbocycles. The Labute approximate surface area is 162 Å². The largest absolute Gasteiger partial charge is 0.494 e. The van der Waals surface area contributed by atoms with Crippen LogP contribution in [0.5, 0.6) is 5.75 Å². The maximum Gasteiger partial charge on any atom is 0.191 e. The standard InChI is InChI=1S/C21H34FN3O2/c1-14(15-9-10-18(26-6)17(22)12-15)25-20(23-5)24-13-16-8-7-11-27-19(16)21(2,3)4/h9-10,12,14,16,19H,7-8,11,13H2,1-6H3,(H2,23,24,25). The number of guanidine groups is 1. The highest BCUT2D eigenvalue weighted by Gasteiger charge is 2.35. The fraction of sp³-hybridized carbons (Fsp3) is 0.667. The third-order valence-electron chi connectivity index (χ3n) is 5.08. The van der Waals surface area contributed by atoms with Crippen LogP contribution >= 0.6 is 0 Å². The van der Waals surface area contributed by atoms with E-state index in [2.05, 4.69) is 36.4 Å². The van der Waals surface area contributed by atoms with Crippen molar-refractivity contribution in [3.8, 4) is 5.75 Å². The molecule has 6 heteroatoms. The lowest BCUT2D eigenvalue weighted by molar-refractivity contribution is -0.0835. The van der Waals surface area contributed by atoms with Crippen LogP contribution in [0.25, 0.3) is 0 Å². The number of nitrogens with zero attached hydrogens (tertiary/aromatic N) is 1. The van der Waals surface area contributed by atoms with Crippen molar-refractivity contribution in [2.75, 3.05) is 27.3 Å². The van der Waals surface area contributed by atoms with Gasteiger partial charge in [-0.1, -0.05) is 26.8 Å². The Balaban J connectivity index is 1.96. The van der Waals surface area contributed by atoms with Gasteiger partial charge in [0.2, 0.25) is 0 Å². The number of hydrogen-bond acceptors (Lipinski definition) is 3. The van der Waals surface area contributed by atoms with Crippen LogP contribution in [0.15, 0.2) is 23.2 Å². The van der Waals surface area contributed by atoms with Crippen LogP contribution in [0.3, 0.4) is 0 Å². The fourth-order valence-corrected chi connectivity index (χ4v) is 3.67. The van der Waals surface area contributed by atoms with E-state index in [1.54, 1.807) is 13.1 Å². The van der Waals surface area contributed by atoms with Gasteiger partial charge in [0, 0.05) is 26.1 Å². The smallest absolute Gasteiger partial charge is 0.191 e. The van der Waals surface area contributed by atoms with Crippen LogP contribution in [0, 0.1) is 17.2 Å². The van der Waals surface area contributed by atoms with Crippen molar-refractivity contribution < 1.29 is 13.9 Å². The number of methoxy groups -OCH3 is 1. The quantitative estimate of drug-likeness (QED) is 0.602. The molecule has 2 N–H and O–H groups in total. The van der Waals surface area contributed by atoms with Gasteiger partial charge in [-0.15, -0.1) is 0 Å². The molecule has 1 heterocycles. The number of hydrogen-bond donors (Lipinski definition) is 2. The summed E-state index contributed by atoms with van der Waals surface area (Å²) < 4.78 is 25.0. The van der Waals surface area contributed by atoms with E-state index in [4.69, 9.17) is 9.47 Å². The summed E-state index contributed by atoms with van der Waals surface area (Å²) >= 11 is 0. The van der Waals surface area contributed by atoms with Gasteiger partial charge < -0.3 is 20.1 Å². The van der Waals surface area contributed by atoms with E-state index in [9.17, 15) is 4.39 Å². The molecule has 1 saturated heterocycles. The SMILES string of the molecule is CN=C(NCC1CCCOC1C(C)(C)C)NC(C)c1ccc(OC)c(F)c1. The van der Waals surface area contributed by atoms with Gasteiger partial charge in [-0.25, -0.2) is 4.39 Å². The molecule has 1 aliphatic heterocycles. The molecule has 1 fully saturated rings. The lowest BCUT2D eigenvalue weighted by Crippen LogP contribution is -2.47. The van der Waals surface area contributed by atoms with E-state index in [1.165, 1.54) is 13.2 Å². The highest BCUT2D eigenvalue weighted by molar-refractivity contribution is 5.80. The minimum atomic E-state index is -0.362. The monoisotopic (exact) mass is 379 g/mol. The van der Waals surface area contributed by atoms with Gasteiger partial charge in [-0.2, -0.15) is 0 Å². The molecule has 0 saturated carbocycles. The predicted octanol–water partition coefficient (Wildman–Crippen LogP) is 3.90. The first-order chi connectivity index (χ1) is 12.8. The summed E-state index contributed by atoms with van der Waals surface area (Å²) in [4.78, 5) is 4.32. The van der Waals surface area contributed by atoms with Crippen molar-refractivity contribution in [3.63, 3.8) is 0 Å². The number of ether oxygens (including phenoxy) is 2. The van der Waals surface area contributed by atoms with Crippen molar-refractivity contribution in [1.82, 2.24) is 10.6 Å². The summed E-state index contributed by atoms with van der Waals surface area (Å²) in [5.41, 5.74) is 0.947. The second-order valence-electron chi connectivity index (χ2n) is 8.27. The van der Waals surface area contributed by atoms with Crippen molar-refractivity contribution in [3.05, 3.63) is 29.6 Å². The number of nitrogens with one attached hydrogen (secondary N) is 2. The van der Waals surface area contributed by atoms with Crippen molar-refractivity contribution in [2.45, 2.75) is 52.7 Å². The summed E-state index contributed by atoms with van der Waals surface area (Å²) in [6.07, 6.45) is 2.46. The van der Waals surface area contributed by atoms with E-state index in [1.807, 2.05) is 13.0 Å². The van der Waals surface area contributed by atoms with Gasteiger partial charge in [0.25, 0.3) is 0 Å². The minimum Gasteiger partial charge on any atom is -0.494 e. The fourth-order valence-electron chi connectivity index (χ4n) is 3.67. The molecule has 1 aliphatic rings. The molecule has 0 aromatic heterocycles. The topological polar surface area (TPSA) is 54.9 Å². The molecular weight excluding hydrogens is 345 g/mol. The van der Waals surface area contributed by atoms with Crippen LogP contribution < -0.4 is 15.4 Å². The molecule has 2 rings (SSSR count). The first kappa shape index (κ1) is 21.5. The molecule has 0 aliphatic carbocycles. The maximum absolute atomic E-state index is 14.0. The normalized spacial score (nSPS) is 22.3. The van der Waals surface area contributed by atoms with Crippen LogP contribution in [0.1, 0.15) is 52.1 Å². The lowest BCUT2D eigenvalue weighted by Gasteiger charge is -2.40. The van der Waals surface area contributed by atoms with Crippen molar-refractivity contribution in [2.24, 2.45) is 16.3 Å². The maximum atomic E-state index is 14.0. The van der Waals surface area contributed by atoms with Crippen LogP contribution in [0.2, 0.25) is 0 Å². The Morgan fingerprint density at radius 2 is 2.15 bits per heavy atom. The molecule has 0 bridgehead atoms. The zero-order chi connectivity index (χ0) is 20.0.